The normalized spacial score (nSPS) is 38.5. The molecule has 3 nitrogen and oxygen atoms in total. The molecule has 204 valence electrons. The summed E-state index contributed by atoms with van der Waals surface area (Å²) < 4.78 is 5.86. The first-order chi connectivity index (χ1) is 17.1. The zero-order chi connectivity index (χ0) is 26.1. The highest BCUT2D eigenvalue weighted by molar-refractivity contribution is 5.82. The minimum atomic E-state index is -0.187. The molecule has 0 aromatic carbocycles. The molecular weight excluding hydrogens is 444 g/mol. The van der Waals surface area contributed by atoms with E-state index < -0.39 is 0 Å². The Balaban J connectivity index is 1.38. The van der Waals surface area contributed by atoms with Crippen molar-refractivity contribution < 1.29 is 14.3 Å². The van der Waals surface area contributed by atoms with E-state index in [0.29, 0.717) is 18.3 Å². The second-order valence-electron chi connectivity index (χ2n) is 14.0. The zero-order valence-electron chi connectivity index (χ0n) is 24.2. The van der Waals surface area contributed by atoms with Gasteiger partial charge in [0, 0.05) is 19.3 Å². The Labute approximate surface area is 221 Å². The van der Waals surface area contributed by atoms with Crippen LogP contribution in [0.1, 0.15) is 131 Å². The molecule has 0 aromatic rings. The molecule has 3 heteroatoms. The van der Waals surface area contributed by atoms with Crippen molar-refractivity contribution in [2.75, 3.05) is 0 Å². The third kappa shape index (κ3) is 5.51. The zero-order valence-corrected chi connectivity index (χ0v) is 24.2. The molecule has 4 aliphatic rings. The van der Waals surface area contributed by atoms with Crippen LogP contribution in [-0.4, -0.2) is 17.9 Å². The first-order valence-corrected chi connectivity index (χ1v) is 15.5. The van der Waals surface area contributed by atoms with Crippen LogP contribution in [0, 0.1) is 46.3 Å². The van der Waals surface area contributed by atoms with E-state index in [9.17, 15) is 9.59 Å². The van der Waals surface area contributed by atoms with E-state index in [1.165, 1.54) is 51.4 Å². The Hall–Kier alpha value is -1.12. The standard InChI is InChI=1S/C33H54O3/c1-7-25(34)12-16-31(35)36-26-17-19-32(5)24(21-26)11-13-27-29-15-14-28(23(4)10-8-9-22(2)3)33(29,6)20-18-30(27)32/h11,22-23,26-30H,7-10,12-21H2,1-6H3/t23-,26-,27-,28-,29+,30+,32-,33+/m0/s1. The first-order valence-electron chi connectivity index (χ1n) is 15.5. The van der Waals surface area contributed by atoms with Crippen LogP contribution in [-0.2, 0) is 14.3 Å². The van der Waals surface area contributed by atoms with Gasteiger partial charge in [0.05, 0.1) is 6.42 Å². The number of carbonyl (C=O) groups is 2. The summed E-state index contributed by atoms with van der Waals surface area (Å²) in [7, 11) is 0. The van der Waals surface area contributed by atoms with Crippen LogP contribution in [0.5, 0.6) is 0 Å². The van der Waals surface area contributed by atoms with Gasteiger partial charge in [0.2, 0.25) is 0 Å². The summed E-state index contributed by atoms with van der Waals surface area (Å²) >= 11 is 0. The summed E-state index contributed by atoms with van der Waals surface area (Å²) in [6, 6.07) is 0. The molecule has 0 aromatic heterocycles. The minimum absolute atomic E-state index is 0.00140. The number of hydrogen-bond donors (Lipinski definition) is 0. The van der Waals surface area contributed by atoms with Crippen molar-refractivity contribution in [3.8, 4) is 0 Å². The minimum Gasteiger partial charge on any atom is -0.462 e. The van der Waals surface area contributed by atoms with E-state index in [2.05, 4.69) is 40.7 Å². The van der Waals surface area contributed by atoms with Gasteiger partial charge in [-0.25, -0.2) is 0 Å². The van der Waals surface area contributed by atoms with Crippen LogP contribution in [0.4, 0.5) is 0 Å². The number of ketones is 1. The Morgan fingerprint density at radius 3 is 2.50 bits per heavy atom. The van der Waals surface area contributed by atoms with Crippen molar-refractivity contribution >= 4 is 11.8 Å². The number of ether oxygens (including phenoxy) is 1. The molecule has 0 heterocycles. The summed E-state index contributed by atoms with van der Waals surface area (Å²) in [5.41, 5.74) is 2.38. The number of rotatable bonds is 10. The van der Waals surface area contributed by atoms with Crippen LogP contribution < -0.4 is 0 Å². The average molecular weight is 499 g/mol. The van der Waals surface area contributed by atoms with Crippen LogP contribution in [0.3, 0.4) is 0 Å². The quantitative estimate of drug-likeness (QED) is 0.223. The molecule has 36 heavy (non-hydrogen) atoms. The average Bonchev–Trinajstić information content (AvgIpc) is 3.19. The van der Waals surface area contributed by atoms with E-state index in [-0.39, 0.29) is 29.7 Å². The Morgan fingerprint density at radius 2 is 1.78 bits per heavy atom. The molecule has 0 radical (unpaired) electrons. The maximum absolute atomic E-state index is 12.4. The van der Waals surface area contributed by atoms with Gasteiger partial charge in [-0.2, -0.15) is 0 Å². The number of carbonyl (C=O) groups excluding carboxylic acids is 2. The van der Waals surface area contributed by atoms with E-state index in [1.54, 1.807) is 5.57 Å². The first kappa shape index (κ1) is 27.9. The molecule has 3 saturated carbocycles. The van der Waals surface area contributed by atoms with Crippen molar-refractivity contribution in [2.45, 2.75) is 138 Å². The highest BCUT2D eigenvalue weighted by atomic mass is 16.5. The Kier molecular flexibility index (Phi) is 8.77. The molecule has 0 aliphatic heterocycles. The summed E-state index contributed by atoms with van der Waals surface area (Å²) in [4.78, 5) is 23.9. The summed E-state index contributed by atoms with van der Waals surface area (Å²) in [5.74, 6) is 5.07. The molecule has 3 fully saturated rings. The molecule has 0 amide bonds. The van der Waals surface area contributed by atoms with Crippen molar-refractivity contribution in [3.63, 3.8) is 0 Å². The van der Waals surface area contributed by atoms with Gasteiger partial charge in [-0.15, -0.1) is 0 Å². The summed E-state index contributed by atoms with van der Waals surface area (Å²) in [6.45, 7) is 14.3. The second kappa shape index (κ2) is 11.3. The fourth-order valence-corrected chi connectivity index (χ4v) is 9.42. The monoisotopic (exact) mass is 498 g/mol. The van der Waals surface area contributed by atoms with Crippen LogP contribution in [0.25, 0.3) is 0 Å². The third-order valence-electron chi connectivity index (χ3n) is 11.6. The molecule has 0 N–H and O–H groups in total. The van der Waals surface area contributed by atoms with Crippen molar-refractivity contribution in [1.29, 1.82) is 0 Å². The lowest BCUT2D eigenvalue weighted by Gasteiger charge is -2.58. The number of allylic oxidation sites excluding steroid dienone is 1. The lowest BCUT2D eigenvalue weighted by Crippen LogP contribution is -2.51. The maximum atomic E-state index is 12.4. The highest BCUT2D eigenvalue weighted by Crippen LogP contribution is 2.67. The molecule has 0 unspecified atom stereocenters. The van der Waals surface area contributed by atoms with Crippen LogP contribution in [0.2, 0.25) is 0 Å². The van der Waals surface area contributed by atoms with Gasteiger partial charge in [-0.1, -0.05) is 72.5 Å². The van der Waals surface area contributed by atoms with E-state index in [4.69, 9.17) is 4.74 Å². The van der Waals surface area contributed by atoms with Gasteiger partial charge in [0.15, 0.2) is 0 Å². The molecule has 4 aliphatic carbocycles. The number of Topliss-reactive ketones (excluding diaryl/α,β-unsaturated/α-hetero) is 1. The van der Waals surface area contributed by atoms with Crippen LogP contribution >= 0.6 is 0 Å². The van der Waals surface area contributed by atoms with Gasteiger partial charge in [0.1, 0.15) is 11.9 Å². The third-order valence-corrected chi connectivity index (χ3v) is 11.6. The van der Waals surface area contributed by atoms with Crippen molar-refractivity contribution in [2.24, 2.45) is 46.3 Å². The van der Waals surface area contributed by atoms with Crippen LogP contribution in [0.15, 0.2) is 11.6 Å². The SMILES string of the molecule is CCC(=O)CCC(=O)O[C@H]1CC[C@@]2(C)C(=CC[C@H]3[C@H]4CC[C@@H]([C@@H](C)CCCC(C)C)[C@@]4(C)CC[C@H]32)C1. The van der Waals surface area contributed by atoms with Gasteiger partial charge in [-0.05, 0) is 91.3 Å². The van der Waals surface area contributed by atoms with E-state index >= 15 is 0 Å². The Bertz CT molecular complexity index is 827. The molecule has 0 saturated heterocycles. The predicted molar refractivity (Wildman–Crippen MR) is 147 cm³/mol. The molecule has 0 spiro atoms. The van der Waals surface area contributed by atoms with Crippen molar-refractivity contribution in [1.82, 2.24) is 0 Å². The van der Waals surface area contributed by atoms with Crippen molar-refractivity contribution in [3.05, 3.63) is 11.6 Å². The Morgan fingerprint density at radius 1 is 1.00 bits per heavy atom. The summed E-state index contributed by atoms with van der Waals surface area (Å²) in [5, 5.41) is 0. The van der Waals surface area contributed by atoms with Gasteiger partial charge < -0.3 is 4.74 Å². The fraction of sp³-hybridized carbons (Fsp3) is 0.879. The lowest BCUT2D eigenvalue weighted by molar-refractivity contribution is -0.152. The molecule has 4 rings (SSSR count). The summed E-state index contributed by atoms with van der Waals surface area (Å²) in [6.07, 6.45) is 17.7. The van der Waals surface area contributed by atoms with E-state index in [1.807, 2.05) is 6.92 Å². The number of fused-ring (bicyclic) bond motifs is 5. The molecule has 8 atom stereocenters. The number of esters is 1. The number of hydrogen-bond acceptors (Lipinski definition) is 3. The molecule has 0 bridgehead atoms. The topological polar surface area (TPSA) is 43.4 Å². The predicted octanol–water partition coefficient (Wildman–Crippen LogP) is 8.70. The van der Waals surface area contributed by atoms with E-state index in [0.717, 1.165) is 54.8 Å². The second-order valence-corrected chi connectivity index (χ2v) is 14.0. The smallest absolute Gasteiger partial charge is 0.306 e. The largest absolute Gasteiger partial charge is 0.462 e. The highest BCUT2D eigenvalue weighted by Gasteiger charge is 2.59. The lowest BCUT2D eigenvalue weighted by atomic mass is 9.47. The van der Waals surface area contributed by atoms with Gasteiger partial charge >= 0.3 is 5.97 Å². The van der Waals surface area contributed by atoms with Gasteiger partial charge in [0.25, 0.3) is 0 Å². The van der Waals surface area contributed by atoms with Gasteiger partial charge in [-0.3, -0.25) is 9.59 Å². The maximum Gasteiger partial charge on any atom is 0.306 e. The molecular formula is C33H54O3. The fourth-order valence-electron chi connectivity index (χ4n) is 9.42.